The van der Waals surface area contributed by atoms with Crippen molar-refractivity contribution < 1.29 is 4.52 Å². The fourth-order valence-electron chi connectivity index (χ4n) is 2.30. The van der Waals surface area contributed by atoms with Gasteiger partial charge >= 0.3 is 0 Å². The van der Waals surface area contributed by atoms with E-state index in [1.54, 1.807) is 6.20 Å². The second-order valence-corrected chi connectivity index (χ2v) is 5.69. The molecule has 0 bridgehead atoms. The van der Waals surface area contributed by atoms with Crippen LogP contribution >= 0.6 is 12.4 Å². The summed E-state index contributed by atoms with van der Waals surface area (Å²) in [5, 5.41) is 7.18. The first-order valence-electron chi connectivity index (χ1n) is 7.78. The van der Waals surface area contributed by atoms with E-state index >= 15 is 0 Å². The molecule has 2 heterocycles. The topological polar surface area (TPSA) is 67.1 Å². The Morgan fingerprint density at radius 3 is 2.52 bits per heavy atom. The SMILES string of the molecule is CCN(c1ccc(-c2nc(CC(C)NC)no2)cn1)C(C)C.Cl. The van der Waals surface area contributed by atoms with Gasteiger partial charge in [-0.2, -0.15) is 4.98 Å². The van der Waals surface area contributed by atoms with E-state index in [9.17, 15) is 0 Å². The lowest BCUT2D eigenvalue weighted by molar-refractivity contribution is 0.418. The second kappa shape index (κ2) is 8.84. The summed E-state index contributed by atoms with van der Waals surface area (Å²) in [6.07, 6.45) is 2.53. The van der Waals surface area contributed by atoms with Gasteiger partial charge in [0.05, 0.1) is 5.56 Å². The standard InChI is InChI=1S/C16H25N5O.ClH/c1-6-21(11(2)3)15-8-7-13(10-18-15)16-19-14(20-22-16)9-12(4)17-5;/h7-8,10-12,17H,6,9H2,1-5H3;1H. The quantitative estimate of drug-likeness (QED) is 0.836. The lowest BCUT2D eigenvalue weighted by Crippen LogP contribution is -2.30. The summed E-state index contributed by atoms with van der Waals surface area (Å²) in [6, 6.07) is 4.71. The Kier molecular flexibility index (Phi) is 7.45. The minimum atomic E-state index is 0. The maximum atomic E-state index is 5.33. The van der Waals surface area contributed by atoms with E-state index in [0.717, 1.165) is 24.3 Å². The number of halogens is 1. The Morgan fingerprint density at radius 1 is 1.26 bits per heavy atom. The summed E-state index contributed by atoms with van der Waals surface area (Å²) in [5.41, 5.74) is 0.847. The number of rotatable bonds is 7. The second-order valence-electron chi connectivity index (χ2n) is 5.69. The van der Waals surface area contributed by atoms with Gasteiger partial charge in [0.15, 0.2) is 5.82 Å². The van der Waals surface area contributed by atoms with Crippen molar-refractivity contribution in [3.63, 3.8) is 0 Å². The third kappa shape index (κ3) is 4.91. The van der Waals surface area contributed by atoms with Crippen LogP contribution < -0.4 is 10.2 Å². The molecule has 2 aromatic heterocycles. The maximum absolute atomic E-state index is 5.33. The molecule has 23 heavy (non-hydrogen) atoms. The highest BCUT2D eigenvalue weighted by Gasteiger charge is 2.13. The van der Waals surface area contributed by atoms with Crippen LogP contribution in [-0.2, 0) is 6.42 Å². The lowest BCUT2D eigenvalue weighted by Gasteiger charge is -2.26. The van der Waals surface area contributed by atoms with Gasteiger partial charge in [0.2, 0.25) is 0 Å². The first kappa shape index (κ1) is 19.4. The Hall–Kier alpha value is -1.66. The molecular weight excluding hydrogens is 314 g/mol. The first-order valence-corrected chi connectivity index (χ1v) is 7.78. The maximum Gasteiger partial charge on any atom is 0.259 e. The molecule has 0 saturated heterocycles. The molecule has 0 aliphatic rings. The zero-order valence-corrected chi connectivity index (χ0v) is 15.2. The van der Waals surface area contributed by atoms with Gasteiger partial charge in [0.25, 0.3) is 5.89 Å². The molecule has 1 unspecified atom stereocenters. The van der Waals surface area contributed by atoms with E-state index in [1.807, 2.05) is 19.2 Å². The van der Waals surface area contributed by atoms with Gasteiger partial charge in [-0.15, -0.1) is 12.4 Å². The smallest absolute Gasteiger partial charge is 0.259 e. The number of aromatic nitrogens is 3. The van der Waals surface area contributed by atoms with E-state index in [0.29, 0.717) is 23.8 Å². The van der Waals surface area contributed by atoms with Crippen molar-refractivity contribution in [1.29, 1.82) is 0 Å². The molecule has 0 fully saturated rings. The van der Waals surface area contributed by atoms with Crippen LogP contribution in [0.3, 0.4) is 0 Å². The summed E-state index contributed by atoms with van der Waals surface area (Å²) in [5.74, 6) is 2.19. The van der Waals surface area contributed by atoms with E-state index < -0.39 is 0 Å². The Labute approximate surface area is 144 Å². The summed E-state index contributed by atoms with van der Waals surface area (Å²) in [7, 11) is 1.92. The molecule has 2 rings (SSSR count). The molecule has 128 valence electrons. The van der Waals surface area contributed by atoms with Gasteiger partial charge in [0, 0.05) is 31.2 Å². The zero-order valence-electron chi connectivity index (χ0n) is 14.4. The largest absolute Gasteiger partial charge is 0.354 e. The Morgan fingerprint density at radius 2 is 2.00 bits per heavy atom. The fraction of sp³-hybridized carbons (Fsp3) is 0.562. The fourth-order valence-corrected chi connectivity index (χ4v) is 2.30. The molecule has 7 heteroatoms. The van der Waals surface area contributed by atoms with Crippen molar-refractivity contribution in [3.05, 3.63) is 24.2 Å². The van der Waals surface area contributed by atoms with Gasteiger partial charge in [-0.3, -0.25) is 0 Å². The number of hydrogen-bond donors (Lipinski definition) is 1. The predicted molar refractivity (Wildman–Crippen MR) is 95.2 cm³/mol. The first-order chi connectivity index (χ1) is 10.5. The summed E-state index contributed by atoms with van der Waals surface area (Å²) in [4.78, 5) is 11.2. The number of anilines is 1. The highest BCUT2D eigenvalue weighted by molar-refractivity contribution is 5.85. The van der Waals surface area contributed by atoms with Crippen LogP contribution in [0.15, 0.2) is 22.9 Å². The van der Waals surface area contributed by atoms with Gasteiger partial charge < -0.3 is 14.7 Å². The van der Waals surface area contributed by atoms with E-state index in [4.69, 9.17) is 4.52 Å². The van der Waals surface area contributed by atoms with Gasteiger partial charge in [-0.05, 0) is 46.9 Å². The molecule has 0 amide bonds. The van der Waals surface area contributed by atoms with Crippen molar-refractivity contribution >= 4 is 18.2 Å². The van der Waals surface area contributed by atoms with Crippen molar-refractivity contribution in [2.75, 3.05) is 18.5 Å². The highest BCUT2D eigenvalue weighted by Crippen LogP contribution is 2.20. The van der Waals surface area contributed by atoms with Crippen LogP contribution in [0.5, 0.6) is 0 Å². The van der Waals surface area contributed by atoms with Crippen molar-refractivity contribution in [1.82, 2.24) is 20.4 Å². The molecule has 0 spiro atoms. The average Bonchev–Trinajstić information content (AvgIpc) is 2.96. The molecule has 1 N–H and O–H groups in total. The van der Waals surface area contributed by atoms with E-state index in [1.165, 1.54) is 0 Å². The molecule has 6 nitrogen and oxygen atoms in total. The predicted octanol–water partition coefficient (Wildman–Crippen LogP) is 2.94. The monoisotopic (exact) mass is 339 g/mol. The Bertz CT molecular complexity index is 584. The third-order valence-corrected chi connectivity index (χ3v) is 3.70. The molecule has 0 saturated carbocycles. The molecule has 0 aliphatic carbocycles. The molecular formula is C16H26ClN5O. The minimum Gasteiger partial charge on any atom is -0.354 e. The molecule has 0 aromatic carbocycles. The van der Waals surface area contributed by atoms with Crippen LogP contribution in [-0.4, -0.2) is 40.8 Å². The third-order valence-electron chi connectivity index (χ3n) is 3.70. The van der Waals surface area contributed by atoms with E-state index in [2.05, 4.69) is 53.0 Å². The van der Waals surface area contributed by atoms with Crippen LogP contribution in [0, 0.1) is 0 Å². The zero-order chi connectivity index (χ0) is 16.1. The van der Waals surface area contributed by atoms with Crippen LogP contribution in [0.2, 0.25) is 0 Å². The van der Waals surface area contributed by atoms with Crippen LogP contribution in [0.25, 0.3) is 11.5 Å². The minimum absolute atomic E-state index is 0. The molecule has 1 atom stereocenters. The van der Waals surface area contributed by atoms with E-state index in [-0.39, 0.29) is 12.4 Å². The van der Waals surface area contributed by atoms with Gasteiger partial charge in [0.1, 0.15) is 5.82 Å². The summed E-state index contributed by atoms with van der Waals surface area (Å²) in [6.45, 7) is 9.45. The normalized spacial score (nSPS) is 12.1. The molecule has 0 aliphatic heterocycles. The van der Waals surface area contributed by atoms with Gasteiger partial charge in [-0.1, -0.05) is 5.16 Å². The number of nitrogens with zero attached hydrogens (tertiary/aromatic N) is 4. The van der Waals surface area contributed by atoms with Crippen LogP contribution in [0.4, 0.5) is 5.82 Å². The number of nitrogens with one attached hydrogen (secondary N) is 1. The van der Waals surface area contributed by atoms with Crippen molar-refractivity contribution in [2.24, 2.45) is 0 Å². The summed E-state index contributed by atoms with van der Waals surface area (Å²) < 4.78 is 5.33. The van der Waals surface area contributed by atoms with Crippen molar-refractivity contribution in [3.8, 4) is 11.5 Å². The van der Waals surface area contributed by atoms with Crippen LogP contribution in [0.1, 0.15) is 33.5 Å². The number of pyridine rings is 1. The van der Waals surface area contributed by atoms with Crippen molar-refractivity contribution in [2.45, 2.75) is 46.2 Å². The lowest BCUT2D eigenvalue weighted by atomic mass is 10.2. The average molecular weight is 340 g/mol. The van der Waals surface area contributed by atoms with Gasteiger partial charge in [-0.25, -0.2) is 4.98 Å². The number of likely N-dealkylation sites (N-methyl/N-ethyl adjacent to an activating group) is 1. The summed E-state index contributed by atoms with van der Waals surface area (Å²) >= 11 is 0. The number of hydrogen-bond acceptors (Lipinski definition) is 6. The highest BCUT2D eigenvalue weighted by atomic mass is 35.5. The molecule has 2 aromatic rings. The molecule has 0 radical (unpaired) electrons. The Balaban J connectivity index is 0.00000264.